The number of fused-ring (bicyclic) bond motifs is 1. The molecule has 1 unspecified atom stereocenters. The molecule has 31 heavy (non-hydrogen) atoms. The zero-order valence-corrected chi connectivity index (χ0v) is 18.5. The molecule has 2 aromatic rings. The monoisotopic (exact) mass is 424 g/mol. The molecule has 0 spiro atoms. The molecule has 2 aliphatic rings. The lowest BCUT2D eigenvalue weighted by atomic mass is 9.77. The van der Waals surface area contributed by atoms with Crippen molar-refractivity contribution in [2.24, 2.45) is 5.92 Å². The summed E-state index contributed by atoms with van der Waals surface area (Å²) in [6, 6.07) is 13.7. The molecule has 4 rings (SSSR count). The summed E-state index contributed by atoms with van der Waals surface area (Å²) in [7, 11) is 0. The summed E-state index contributed by atoms with van der Waals surface area (Å²) in [6.45, 7) is 2.27. The van der Waals surface area contributed by atoms with Crippen LogP contribution in [0.4, 0.5) is 8.78 Å². The van der Waals surface area contributed by atoms with Gasteiger partial charge in [-0.25, -0.2) is 0 Å². The van der Waals surface area contributed by atoms with E-state index in [1.165, 1.54) is 75.5 Å². The summed E-state index contributed by atoms with van der Waals surface area (Å²) >= 11 is 0. The van der Waals surface area contributed by atoms with Crippen molar-refractivity contribution in [1.29, 1.82) is 0 Å². The van der Waals surface area contributed by atoms with Crippen LogP contribution in [-0.2, 0) is 5.92 Å². The fourth-order valence-corrected chi connectivity index (χ4v) is 5.25. The van der Waals surface area contributed by atoms with Crippen LogP contribution >= 0.6 is 0 Å². The van der Waals surface area contributed by atoms with Crippen LogP contribution in [0.1, 0.15) is 87.3 Å². The fraction of sp³-hybridized carbons (Fsp3) is 0.500. The van der Waals surface area contributed by atoms with Gasteiger partial charge in [-0.2, -0.15) is 8.78 Å². The molecule has 0 saturated heterocycles. The van der Waals surface area contributed by atoms with Gasteiger partial charge in [-0.15, -0.1) is 0 Å². The molecule has 2 aliphatic carbocycles. The molecular weight excluding hydrogens is 390 g/mol. The molecule has 0 aromatic heterocycles. The van der Waals surface area contributed by atoms with Crippen LogP contribution < -0.4 is 0 Å². The van der Waals surface area contributed by atoms with Gasteiger partial charge in [0.25, 0.3) is 0 Å². The van der Waals surface area contributed by atoms with E-state index < -0.39 is 12.0 Å². The Morgan fingerprint density at radius 3 is 2.32 bits per heavy atom. The van der Waals surface area contributed by atoms with Crippen LogP contribution in [0, 0.1) is 5.92 Å². The maximum atomic E-state index is 14.2. The van der Waals surface area contributed by atoms with E-state index in [4.69, 9.17) is 0 Å². The molecule has 1 nitrogen and oxygen atoms in total. The first kappa shape index (κ1) is 22.2. The minimum absolute atomic E-state index is 0.102. The fourth-order valence-electron chi connectivity index (χ4n) is 5.25. The van der Waals surface area contributed by atoms with Crippen LogP contribution in [-0.4, -0.2) is 11.2 Å². The van der Waals surface area contributed by atoms with Crippen molar-refractivity contribution in [2.75, 3.05) is 0 Å². The van der Waals surface area contributed by atoms with Gasteiger partial charge in [-0.1, -0.05) is 81.5 Å². The van der Waals surface area contributed by atoms with Gasteiger partial charge >= 0.3 is 5.92 Å². The summed E-state index contributed by atoms with van der Waals surface area (Å²) in [4.78, 5) is 0. The molecule has 1 N–H and O–H groups in total. The number of aliphatic hydroxyl groups is 1. The van der Waals surface area contributed by atoms with Crippen LogP contribution in [0.5, 0.6) is 0 Å². The molecule has 166 valence electrons. The highest BCUT2D eigenvalue weighted by Crippen LogP contribution is 2.41. The molecule has 1 saturated carbocycles. The van der Waals surface area contributed by atoms with Crippen molar-refractivity contribution in [3.63, 3.8) is 0 Å². The Balaban J connectivity index is 1.38. The zero-order valence-electron chi connectivity index (χ0n) is 18.5. The Kier molecular flexibility index (Phi) is 6.91. The van der Waals surface area contributed by atoms with E-state index >= 15 is 0 Å². The number of halogens is 2. The Morgan fingerprint density at radius 2 is 1.61 bits per heavy atom. The van der Waals surface area contributed by atoms with E-state index in [1.807, 2.05) is 0 Å². The average molecular weight is 425 g/mol. The third kappa shape index (κ3) is 4.92. The predicted octanol–water partition coefficient (Wildman–Crippen LogP) is 8.08. The maximum Gasteiger partial charge on any atom is 0.302 e. The van der Waals surface area contributed by atoms with E-state index in [2.05, 4.69) is 31.2 Å². The van der Waals surface area contributed by atoms with Gasteiger partial charge in [0.2, 0.25) is 0 Å². The van der Waals surface area contributed by atoms with Crippen LogP contribution in [0.25, 0.3) is 17.2 Å². The largest absolute Gasteiger partial charge is 0.382 e. The van der Waals surface area contributed by atoms with Crippen molar-refractivity contribution >= 4 is 6.08 Å². The standard InChI is InChI=1S/C28H34F2O/c1-2-3-4-5-6-20-7-9-21(10-8-20)22-11-13-23(14-12-22)24-15-17-26-25(19-24)16-18-27(31)28(26,29)30/h11-21,27,31H,2-10H2,1H3. The molecule has 0 radical (unpaired) electrons. The average Bonchev–Trinajstić information content (AvgIpc) is 2.80. The number of unbranched alkanes of at least 4 members (excludes halogenated alkanes) is 3. The first-order chi connectivity index (χ1) is 15.0. The SMILES string of the molecule is CCCCCCC1CCC(c2ccc(-c3ccc4c(c3)C=CC(O)C4(F)F)cc2)CC1. The third-order valence-electron chi connectivity index (χ3n) is 7.27. The molecule has 1 atom stereocenters. The highest BCUT2D eigenvalue weighted by atomic mass is 19.3. The van der Waals surface area contributed by atoms with Crippen molar-refractivity contribution in [3.8, 4) is 11.1 Å². The summed E-state index contributed by atoms with van der Waals surface area (Å²) in [5.41, 5.74) is 3.75. The van der Waals surface area contributed by atoms with Crippen molar-refractivity contribution < 1.29 is 13.9 Å². The Bertz CT molecular complexity index is 892. The summed E-state index contributed by atoms with van der Waals surface area (Å²) in [5.74, 6) is -1.68. The van der Waals surface area contributed by atoms with Gasteiger partial charge in [0, 0.05) is 5.56 Å². The van der Waals surface area contributed by atoms with E-state index in [0.29, 0.717) is 11.5 Å². The number of aliphatic hydroxyl groups excluding tert-OH is 1. The van der Waals surface area contributed by atoms with E-state index in [9.17, 15) is 13.9 Å². The molecule has 3 heteroatoms. The first-order valence-corrected chi connectivity index (χ1v) is 12.0. The second-order valence-corrected chi connectivity index (χ2v) is 9.42. The number of alkyl halides is 2. The molecule has 0 aliphatic heterocycles. The molecular formula is C28H34F2O. The zero-order chi connectivity index (χ0) is 21.8. The second kappa shape index (κ2) is 9.65. The van der Waals surface area contributed by atoms with Crippen molar-refractivity contribution in [2.45, 2.75) is 82.7 Å². The smallest absolute Gasteiger partial charge is 0.302 e. The highest BCUT2D eigenvalue weighted by molar-refractivity contribution is 5.71. The normalized spacial score (nSPS) is 24.7. The lowest BCUT2D eigenvalue weighted by Gasteiger charge is -2.29. The molecule has 0 heterocycles. The van der Waals surface area contributed by atoms with Gasteiger partial charge < -0.3 is 5.11 Å². The Labute approximate surface area is 185 Å². The number of hydrogen-bond acceptors (Lipinski definition) is 1. The van der Waals surface area contributed by atoms with Gasteiger partial charge in [0.15, 0.2) is 0 Å². The third-order valence-corrected chi connectivity index (χ3v) is 7.27. The molecule has 1 fully saturated rings. The Morgan fingerprint density at radius 1 is 0.903 bits per heavy atom. The topological polar surface area (TPSA) is 20.2 Å². The maximum absolute atomic E-state index is 14.2. The van der Waals surface area contributed by atoms with Gasteiger partial charge in [0.1, 0.15) is 6.10 Å². The molecule has 2 aromatic carbocycles. The highest BCUT2D eigenvalue weighted by Gasteiger charge is 2.42. The molecule has 0 amide bonds. The Hall–Kier alpha value is -2.00. The van der Waals surface area contributed by atoms with E-state index in [1.54, 1.807) is 18.2 Å². The van der Waals surface area contributed by atoms with Gasteiger partial charge in [-0.3, -0.25) is 0 Å². The summed E-state index contributed by atoms with van der Waals surface area (Å²) in [6.07, 6.45) is 13.1. The van der Waals surface area contributed by atoms with Gasteiger partial charge in [0.05, 0.1) is 0 Å². The number of benzene rings is 2. The lowest BCUT2D eigenvalue weighted by Crippen LogP contribution is -2.32. The number of hydrogen-bond donors (Lipinski definition) is 1. The lowest BCUT2D eigenvalue weighted by molar-refractivity contribution is -0.0939. The van der Waals surface area contributed by atoms with Crippen LogP contribution in [0.15, 0.2) is 48.5 Å². The number of rotatable bonds is 7. The second-order valence-electron chi connectivity index (χ2n) is 9.42. The predicted molar refractivity (Wildman–Crippen MR) is 124 cm³/mol. The van der Waals surface area contributed by atoms with E-state index in [-0.39, 0.29) is 5.56 Å². The van der Waals surface area contributed by atoms with Gasteiger partial charge in [-0.05, 0) is 71.9 Å². The van der Waals surface area contributed by atoms with Crippen molar-refractivity contribution in [1.82, 2.24) is 0 Å². The van der Waals surface area contributed by atoms with Crippen molar-refractivity contribution in [3.05, 3.63) is 65.2 Å². The first-order valence-electron chi connectivity index (χ1n) is 12.0. The van der Waals surface area contributed by atoms with E-state index in [0.717, 1.165) is 17.0 Å². The minimum atomic E-state index is -3.23. The van der Waals surface area contributed by atoms with Crippen LogP contribution in [0.2, 0.25) is 0 Å². The molecule has 0 bridgehead atoms. The quantitative estimate of drug-likeness (QED) is 0.445. The van der Waals surface area contributed by atoms with Crippen LogP contribution in [0.3, 0.4) is 0 Å². The summed E-state index contributed by atoms with van der Waals surface area (Å²) < 4.78 is 28.4. The summed E-state index contributed by atoms with van der Waals surface area (Å²) in [5, 5.41) is 9.57. The minimum Gasteiger partial charge on any atom is -0.382 e.